The van der Waals surface area contributed by atoms with Crippen LogP contribution in [0.5, 0.6) is 0 Å². The van der Waals surface area contributed by atoms with E-state index in [9.17, 15) is 8.78 Å². The number of hydrogen-bond donors (Lipinski definition) is 0. The summed E-state index contributed by atoms with van der Waals surface area (Å²) in [6, 6.07) is 2.13. The third-order valence-corrected chi connectivity index (χ3v) is 5.21. The van der Waals surface area contributed by atoms with Crippen molar-refractivity contribution in [3.63, 3.8) is 0 Å². The van der Waals surface area contributed by atoms with Gasteiger partial charge in [-0.25, -0.2) is 8.78 Å². The zero-order chi connectivity index (χ0) is 24.3. The summed E-state index contributed by atoms with van der Waals surface area (Å²) in [6.45, 7) is 16.5. The summed E-state index contributed by atoms with van der Waals surface area (Å²) >= 11 is 0. The van der Waals surface area contributed by atoms with Gasteiger partial charge >= 0.3 is 0 Å². The van der Waals surface area contributed by atoms with Gasteiger partial charge in [-0.2, -0.15) is 5.10 Å². The van der Waals surface area contributed by atoms with Gasteiger partial charge in [-0.1, -0.05) is 47.4 Å². The lowest BCUT2D eigenvalue weighted by Crippen LogP contribution is -2.17. The van der Waals surface area contributed by atoms with Gasteiger partial charge in [-0.05, 0) is 58.1 Å². The highest BCUT2D eigenvalue weighted by molar-refractivity contribution is 7.18. The van der Waals surface area contributed by atoms with Crippen molar-refractivity contribution in [1.29, 1.82) is 0 Å². The van der Waals surface area contributed by atoms with E-state index in [1.54, 1.807) is 22.4 Å². The van der Waals surface area contributed by atoms with Crippen molar-refractivity contribution < 1.29 is 8.78 Å². The van der Waals surface area contributed by atoms with Crippen LogP contribution in [0.15, 0.2) is 64.3 Å². The topological polar surface area (TPSA) is 40.9 Å². The number of aromatic nitrogens is 1. The molecule has 4 nitrogen and oxygen atoms in total. The van der Waals surface area contributed by atoms with Crippen molar-refractivity contribution in [3.05, 3.63) is 65.3 Å². The molecule has 0 saturated carbocycles. The summed E-state index contributed by atoms with van der Waals surface area (Å²) in [5, 5.41) is 6.64. The monoisotopic (exact) mass is 462 g/mol. The second-order valence-corrected chi connectivity index (χ2v) is 8.93. The minimum Gasteiger partial charge on any atom is -0.266 e. The van der Waals surface area contributed by atoms with Crippen LogP contribution in [0.1, 0.15) is 71.9 Å². The number of pyridine rings is 1. The Morgan fingerprint density at radius 2 is 1.84 bits per heavy atom. The summed E-state index contributed by atoms with van der Waals surface area (Å²) in [5.41, 5.74) is 3.71. The third-order valence-electron chi connectivity index (χ3n) is 4.92. The maximum Gasteiger partial charge on any atom is 0.259 e. The first kappa shape index (κ1) is 27.8. The van der Waals surface area contributed by atoms with Crippen LogP contribution in [-0.2, 0) is 13.0 Å². The average Bonchev–Trinajstić information content (AvgIpc) is 2.73. The summed E-state index contributed by atoms with van der Waals surface area (Å²) < 4.78 is 26.2. The van der Waals surface area contributed by atoms with Crippen LogP contribution in [0.4, 0.5) is 8.78 Å². The lowest BCUT2D eigenvalue weighted by atomic mass is 10.1. The predicted octanol–water partition coefficient (Wildman–Crippen LogP) is 7.30. The average molecular weight is 463 g/mol. The Labute approximate surface area is 194 Å². The molecule has 1 aromatic heterocycles. The fourth-order valence-electron chi connectivity index (χ4n) is 2.68. The van der Waals surface area contributed by atoms with Gasteiger partial charge in [0.05, 0.1) is 12.3 Å². The Bertz CT molecular complexity index is 895. The minimum absolute atomic E-state index is 0.228. The van der Waals surface area contributed by atoms with E-state index < -0.39 is 5.66 Å². The van der Waals surface area contributed by atoms with E-state index in [1.165, 1.54) is 11.1 Å². The number of nitrogens with zero attached hydrogens (tertiary/aromatic N) is 4. The number of hydrazone groups is 1. The third kappa shape index (κ3) is 10.9. The molecule has 1 heterocycles. The molecule has 7 heteroatoms. The molecule has 0 fully saturated rings. The van der Waals surface area contributed by atoms with Crippen molar-refractivity contribution in [2.45, 2.75) is 79.4 Å². The minimum atomic E-state index is -2.77. The van der Waals surface area contributed by atoms with Crippen LogP contribution >= 0.6 is 9.24 Å². The van der Waals surface area contributed by atoms with Crippen molar-refractivity contribution in [1.82, 2.24) is 9.99 Å². The molecule has 176 valence electrons. The number of halogens is 2. The highest BCUT2D eigenvalue weighted by Gasteiger charge is 2.20. The lowest BCUT2D eigenvalue weighted by Gasteiger charge is -2.20. The van der Waals surface area contributed by atoms with Gasteiger partial charge in [0.1, 0.15) is 0 Å². The van der Waals surface area contributed by atoms with Gasteiger partial charge in [0.15, 0.2) is 0 Å². The van der Waals surface area contributed by atoms with E-state index in [-0.39, 0.29) is 12.8 Å². The lowest BCUT2D eigenvalue weighted by molar-refractivity contribution is 0.0968. The predicted molar refractivity (Wildman–Crippen MR) is 136 cm³/mol. The first-order valence-corrected chi connectivity index (χ1v) is 11.5. The Morgan fingerprint density at radius 3 is 2.41 bits per heavy atom. The summed E-state index contributed by atoms with van der Waals surface area (Å²) in [5.74, 6) is 0. The molecule has 0 aromatic carbocycles. The fraction of sp³-hybridized carbons (Fsp3) is 0.480. The van der Waals surface area contributed by atoms with E-state index in [2.05, 4.69) is 36.5 Å². The van der Waals surface area contributed by atoms with Gasteiger partial charge < -0.3 is 0 Å². The van der Waals surface area contributed by atoms with Crippen molar-refractivity contribution >= 4 is 20.7 Å². The highest BCUT2D eigenvalue weighted by Crippen LogP contribution is 2.27. The molecule has 0 bridgehead atoms. The molecule has 1 unspecified atom stereocenters. The Balaban J connectivity index is 3.21. The fourth-order valence-corrected chi connectivity index (χ4v) is 2.83. The number of aryl methyl sites for hydroxylation is 1. The maximum absolute atomic E-state index is 13.1. The second kappa shape index (κ2) is 13.4. The zero-order valence-electron chi connectivity index (χ0n) is 20.3. The Morgan fingerprint density at radius 1 is 1.19 bits per heavy atom. The normalized spacial score (nSPS) is 14.0. The van der Waals surface area contributed by atoms with Crippen LogP contribution in [0.2, 0.25) is 0 Å². The van der Waals surface area contributed by atoms with Crippen LogP contribution in [0, 0.1) is 0 Å². The van der Waals surface area contributed by atoms with E-state index in [0.29, 0.717) is 12.3 Å². The molecule has 0 amide bonds. The molecule has 0 saturated heterocycles. The molecular formula is C25H37F2N4P. The molecule has 1 atom stereocenters. The number of hydrogen-bond acceptors (Lipinski definition) is 4. The van der Waals surface area contributed by atoms with E-state index in [0.717, 1.165) is 35.4 Å². The first-order chi connectivity index (χ1) is 14.9. The van der Waals surface area contributed by atoms with Crippen molar-refractivity contribution in [2.24, 2.45) is 10.1 Å². The van der Waals surface area contributed by atoms with E-state index in [1.807, 2.05) is 44.2 Å². The zero-order valence-corrected chi connectivity index (χ0v) is 21.4. The van der Waals surface area contributed by atoms with Crippen LogP contribution in [0.25, 0.3) is 0 Å². The number of rotatable bonds is 12. The molecule has 0 N–H and O–H groups in total. The number of allylic oxidation sites excluding steroid dienone is 4. The molecule has 0 radical (unpaired) electrons. The van der Waals surface area contributed by atoms with E-state index >= 15 is 0 Å². The molecule has 1 aromatic rings. The SMILES string of the molecule is C=C(C)N(Cc1cncc(CC)c1)/N=C(C)/C(/C=C(\C)CC)=C/N=C(C)CCC(F)(F)P. The van der Waals surface area contributed by atoms with Gasteiger partial charge in [-0.15, -0.1) is 0 Å². The van der Waals surface area contributed by atoms with Crippen molar-refractivity contribution in [2.75, 3.05) is 0 Å². The molecule has 0 aliphatic carbocycles. The molecular weight excluding hydrogens is 425 g/mol. The second-order valence-electron chi connectivity index (χ2n) is 8.09. The Kier molecular flexibility index (Phi) is 11.6. The van der Waals surface area contributed by atoms with Gasteiger partial charge in [-0.3, -0.25) is 15.0 Å². The summed E-state index contributed by atoms with van der Waals surface area (Å²) in [4.78, 5) is 8.75. The molecule has 0 aliphatic rings. The standard InChI is InChI=1S/C25H37F2N4P/c1-8-19(5)12-24(16-29-20(6)10-11-25(26,27)32)21(7)30-31(18(3)4)17-23-13-22(9-2)14-28-15-23/h12-16H,3,8-11,17,32H2,1-2,4-7H3/b19-12+,24-16+,29-20?,30-21+. The number of alkyl halides is 2. The van der Waals surface area contributed by atoms with Gasteiger partial charge in [0.2, 0.25) is 0 Å². The Hall–Kier alpha value is -2.20. The largest absolute Gasteiger partial charge is 0.266 e. The first-order valence-electron chi connectivity index (χ1n) is 10.9. The van der Waals surface area contributed by atoms with Crippen LogP contribution < -0.4 is 0 Å². The molecule has 0 spiro atoms. The van der Waals surface area contributed by atoms with Crippen molar-refractivity contribution in [3.8, 4) is 0 Å². The highest BCUT2D eigenvalue weighted by atomic mass is 31.0. The van der Waals surface area contributed by atoms with Crippen LogP contribution in [-0.4, -0.2) is 27.1 Å². The molecule has 0 aliphatic heterocycles. The van der Waals surface area contributed by atoms with Gasteiger partial charge in [0, 0.05) is 42.0 Å². The number of aliphatic imine (C=N–C) groups is 1. The molecule has 32 heavy (non-hydrogen) atoms. The van der Waals surface area contributed by atoms with Gasteiger partial charge in [0.25, 0.3) is 5.66 Å². The maximum atomic E-state index is 13.1. The molecule has 1 rings (SSSR count). The summed E-state index contributed by atoms with van der Waals surface area (Å²) in [7, 11) is 1.58. The summed E-state index contributed by atoms with van der Waals surface area (Å²) in [6.07, 6.45) is 9.26. The quantitative estimate of drug-likeness (QED) is 0.141. The smallest absolute Gasteiger partial charge is 0.259 e. The van der Waals surface area contributed by atoms with Crippen LogP contribution in [0.3, 0.4) is 0 Å². The van der Waals surface area contributed by atoms with E-state index in [4.69, 9.17) is 5.10 Å².